The predicted molar refractivity (Wildman–Crippen MR) is 72.9 cm³/mol. The van der Waals surface area contributed by atoms with Crippen molar-refractivity contribution in [1.82, 2.24) is 4.90 Å². The monoisotopic (exact) mass is 296 g/mol. The second-order valence-electron chi connectivity index (χ2n) is 4.55. The molecule has 0 spiro atoms. The van der Waals surface area contributed by atoms with E-state index in [9.17, 15) is 24.8 Å². The quantitative estimate of drug-likeness (QED) is 0.569. The molecule has 0 aliphatic rings. The van der Waals surface area contributed by atoms with Crippen molar-refractivity contribution in [2.24, 2.45) is 0 Å². The first-order chi connectivity index (χ1) is 9.81. The van der Waals surface area contributed by atoms with Gasteiger partial charge in [-0.25, -0.2) is 0 Å². The standard InChI is InChI=1S/C13H16N2O6/c1-9(16)8-14(6-5-12(17)18)13(19)10-3-2-4-11(7-10)15(20)21/h2-4,7,9,16H,5-6,8H2,1H3,(H,17,18). The van der Waals surface area contributed by atoms with Crippen molar-refractivity contribution in [3.8, 4) is 0 Å². The van der Waals surface area contributed by atoms with Gasteiger partial charge in [0.1, 0.15) is 0 Å². The molecule has 21 heavy (non-hydrogen) atoms. The number of hydrogen-bond acceptors (Lipinski definition) is 5. The lowest BCUT2D eigenvalue weighted by atomic mass is 10.1. The molecule has 0 heterocycles. The highest BCUT2D eigenvalue weighted by atomic mass is 16.6. The molecular formula is C13H16N2O6. The van der Waals surface area contributed by atoms with Crippen LogP contribution >= 0.6 is 0 Å². The Balaban J connectivity index is 2.95. The maximum atomic E-state index is 12.3. The molecule has 1 aromatic rings. The number of aliphatic hydroxyl groups excluding tert-OH is 1. The largest absolute Gasteiger partial charge is 0.481 e. The molecule has 114 valence electrons. The Morgan fingerprint density at radius 1 is 1.43 bits per heavy atom. The highest BCUT2D eigenvalue weighted by Gasteiger charge is 2.20. The average molecular weight is 296 g/mol. The van der Waals surface area contributed by atoms with Crippen LogP contribution in [0.5, 0.6) is 0 Å². The topological polar surface area (TPSA) is 121 Å². The smallest absolute Gasteiger partial charge is 0.305 e. The Labute approximate surface area is 120 Å². The number of carbonyl (C=O) groups is 2. The summed E-state index contributed by atoms with van der Waals surface area (Å²) < 4.78 is 0. The number of nitro groups is 1. The molecule has 2 N–H and O–H groups in total. The van der Waals surface area contributed by atoms with Crippen LogP contribution in [0.15, 0.2) is 24.3 Å². The molecule has 8 heteroatoms. The number of carboxylic acid groups (broad SMARTS) is 1. The van der Waals surface area contributed by atoms with Gasteiger partial charge in [0, 0.05) is 30.8 Å². The van der Waals surface area contributed by atoms with Crippen LogP contribution in [-0.2, 0) is 4.79 Å². The minimum atomic E-state index is -1.07. The van der Waals surface area contributed by atoms with E-state index >= 15 is 0 Å². The summed E-state index contributed by atoms with van der Waals surface area (Å²) in [6.45, 7) is 1.34. The fraction of sp³-hybridized carbons (Fsp3) is 0.385. The number of rotatable bonds is 7. The molecule has 0 aliphatic heterocycles. The zero-order valence-electron chi connectivity index (χ0n) is 11.4. The number of non-ortho nitro benzene ring substituents is 1. The van der Waals surface area contributed by atoms with Crippen molar-refractivity contribution in [2.75, 3.05) is 13.1 Å². The van der Waals surface area contributed by atoms with Crippen LogP contribution in [0.4, 0.5) is 5.69 Å². The number of nitro benzene ring substituents is 1. The van der Waals surface area contributed by atoms with Crippen molar-refractivity contribution in [3.05, 3.63) is 39.9 Å². The average Bonchev–Trinajstić information content (AvgIpc) is 2.42. The first-order valence-electron chi connectivity index (χ1n) is 6.25. The molecule has 1 amide bonds. The number of carbonyl (C=O) groups excluding carboxylic acids is 1. The van der Waals surface area contributed by atoms with Crippen LogP contribution in [0.1, 0.15) is 23.7 Å². The maximum Gasteiger partial charge on any atom is 0.305 e. The Kier molecular flexibility index (Phi) is 5.79. The summed E-state index contributed by atoms with van der Waals surface area (Å²) in [5.74, 6) is -1.63. The van der Waals surface area contributed by atoms with E-state index in [1.54, 1.807) is 0 Å². The van der Waals surface area contributed by atoms with E-state index in [0.29, 0.717) is 0 Å². The van der Waals surface area contributed by atoms with Gasteiger partial charge < -0.3 is 15.1 Å². The number of aliphatic carboxylic acids is 1. The van der Waals surface area contributed by atoms with E-state index in [-0.39, 0.29) is 30.8 Å². The molecule has 0 aromatic heterocycles. The maximum absolute atomic E-state index is 12.3. The van der Waals surface area contributed by atoms with Gasteiger partial charge in [-0.15, -0.1) is 0 Å². The molecule has 1 unspecified atom stereocenters. The summed E-state index contributed by atoms with van der Waals surface area (Å²) in [7, 11) is 0. The third-order valence-corrected chi connectivity index (χ3v) is 2.67. The summed E-state index contributed by atoms with van der Waals surface area (Å²) in [6, 6.07) is 5.17. The van der Waals surface area contributed by atoms with E-state index in [1.807, 2.05) is 0 Å². The lowest BCUT2D eigenvalue weighted by Gasteiger charge is -2.23. The minimum absolute atomic E-state index is 0.0468. The fourth-order valence-electron chi connectivity index (χ4n) is 1.76. The number of carboxylic acids is 1. The van der Waals surface area contributed by atoms with Crippen molar-refractivity contribution in [1.29, 1.82) is 0 Å². The van der Waals surface area contributed by atoms with Gasteiger partial charge in [0.05, 0.1) is 17.4 Å². The highest BCUT2D eigenvalue weighted by molar-refractivity contribution is 5.95. The SMILES string of the molecule is CC(O)CN(CCC(=O)O)C(=O)c1cccc([N+](=O)[O-])c1. The Morgan fingerprint density at radius 2 is 2.10 bits per heavy atom. The summed E-state index contributed by atoms with van der Waals surface area (Å²) in [5.41, 5.74) is -0.147. The van der Waals surface area contributed by atoms with Gasteiger partial charge in [-0.3, -0.25) is 19.7 Å². The van der Waals surface area contributed by atoms with E-state index < -0.39 is 22.9 Å². The Hall–Kier alpha value is -2.48. The fourth-order valence-corrected chi connectivity index (χ4v) is 1.76. The lowest BCUT2D eigenvalue weighted by molar-refractivity contribution is -0.384. The van der Waals surface area contributed by atoms with Crippen LogP contribution in [0.2, 0.25) is 0 Å². The molecule has 0 bridgehead atoms. The van der Waals surface area contributed by atoms with Crippen molar-refractivity contribution < 1.29 is 24.7 Å². The van der Waals surface area contributed by atoms with Gasteiger partial charge >= 0.3 is 5.97 Å². The molecule has 8 nitrogen and oxygen atoms in total. The van der Waals surface area contributed by atoms with Crippen molar-refractivity contribution in [3.63, 3.8) is 0 Å². The van der Waals surface area contributed by atoms with E-state index in [4.69, 9.17) is 5.11 Å². The molecule has 0 radical (unpaired) electrons. The highest BCUT2D eigenvalue weighted by Crippen LogP contribution is 2.15. The van der Waals surface area contributed by atoms with Crippen LogP contribution in [0.3, 0.4) is 0 Å². The first kappa shape index (κ1) is 16.6. The zero-order chi connectivity index (χ0) is 16.0. The number of benzene rings is 1. The van der Waals surface area contributed by atoms with Gasteiger partial charge in [-0.2, -0.15) is 0 Å². The van der Waals surface area contributed by atoms with E-state index in [1.165, 1.54) is 25.1 Å². The third kappa shape index (κ3) is 5.19. The molecular weight excluding hydrogens is 280 g/mol. The molecule has 0 aliphatic carbocycles. The molecule has 0 saturated carbocycles. The summed E-state index contributed by atoms with van der Waals surface area (Å²) in [4.78, 5) is 34.1. The van der Waals surface area contributed by atoms with Gasteiger partial charge in [0.2, 0.25) is 0 Å². The normalized spacial score (nSPS) is 11.7. The second kappa shape index (κ2) is 7.34. The van der Waals surface area contributed by atoms with Crippen molar-refractivity contribution in [2.45, 2.75) is 19.4 Å². The molecule has 1 atom stereocenters. The lowest BCUT2D eigenvalue weighted by Crippen LogP contribution is -2.38. The zero-order valence-corrected chi connectivity index (χ0v) is 11.4. The van der Waals surface area contributed by atoms with Crippen LogP contribution in [0.25, 0.3) is 0 Å². The van der Waals surface area contributed by atoms with Gasteiger partial charge in [-0.1, -0.05) is 6.07 Å². The van der Waals surface area contributed by atoms with Gasteiger partial charge in [-0.05, 0) is 13.0 Å². The van der Waals surface area contributed by atoms with Gasteiger partial charge in [0.25, 0.3) is 11.6 Å². The molecule has 0 saturated heterocycles. The van der Waals surface area contributed by atoms with Crippen molar-refractivity contribution >= 4 is 17.6 Å². The summed E-state index contributed by atoms with van der Waals surface area (Å²) in [6.07, 6.45) is -1.10. The summed E-state index contributed by atoms with van der Waals surface area (Å²) in [5, 5.41) is 28.8. The number of nitrogens with zero attached hydrogens (tertiary/aromatic N) is 2. The Bertz CT molecular complexity index is 543. The second-order valence-corrected chi connectivity index (χ2v) is 4.55. The molecule has 1 rings (SSSR count). The van der Waals surface area contributed by atoms with E-state index in [0.717, 1.165) is 11.0 Å². The van der Waals surface area contributed by atoms with Crippen LogP contribution < -0.4 is 0 Å². The minimum Gasteiger partial charge on any atom is -0.481 e. The van der Waals surface area contributed by atoms with Crippen LogP contribution in [-0.4, -0.2) is 51.1 Å². The molecule has 0 fully saturated rings. The Morgan fingerprint density at radius 3 is 2.62 bits per heavy atom. The number of hydrogen-bond donors (Lipinski definition) is 2. The predicted octanol–water partition coefficient (Wildman–Crippen LogP) is 0.893. The number of amides is 1. The molecule has 1 aromatic carbocycles. The van der Waals surface area contributed by atoms with Gasteiger partial charge in [0.15, 0.2) is 0 Å². The number of aliphatic hydroxyl groups is 1. The summed E-state index contributed by atoms with van der Waals surface area (Å²) >= 11 is 0. The third-order valence-electron chi connectivity index (χ3n) is 2.67. The van der Waals surface area contributed by atoms with E-state index in [2.05, 4.69) is 0 Å². The first-order valence-corrected chi connectivity index (χ1v) is 6.25. The van der Waals surface area contributed by atoms with Crippen LogP contribution in [0, 0.1) is 10.1 Å².